The van der Waals surface area contributed by atoms with Gasteiger partial charge in [-0.1, -0.05) is 18.5 Å². The van der Waals surface area contributed by atoms with Gasteiger partial charge in [-0.2, -0.15) is 0 Å². The first-order valence-electron chi connectivity index (χ1n) is 5.30. The van der Waals surface area contributed by atoms with Gasteiger partial charge in [-0.15, -0.1) is 0 Å². The van der Waals surface area contributed by atoms with Crippen LogP contribution in [0.15, 0.2) is 27.1 Å². The largest absolute Gasteiger partial charge is 0.383 e. The van der Waals surface area contributed by atoms with E-state index in [1.165, 1.54) is 0 Å². The summed E-state index contributed by atoms with van der Waals surface area (Å²) in [6.07, 6.45) is 0.783. The average molecular weight is 391 g/mol. The Morgan fingerprint density at radius 1 is 1.28 bits per heavy atom. The Morgan fingerprint density at radius 2 is 2.00 bits per heavy atom. The van der Waals surface area contributed by atoms with Crippen LogP contribution >= 0.6 is 43.5 Å². The van der Waals surface area contributed by atoms with Gasteiger partial charge in [0.25, 0.3) is 0 Å². The number of anilines is 1. The maximum atomic E-state index is 5.92. The Balaban J connectivity index is 2.60. The van der Waals surface area contributed by atoms with Crippen molar-refractivity contribution in [3.63, 3.8) is 0 Å². The van der Waals surface area contributed by atoms with E-state index in [0.29, 0.717) is 16.7 Å². The second kappa shape index (κ2) is 5.55. The maximum Gasteiger partial charge on any atom is 0.162 e. The molecule has 0 saturated heterocycles. The SMILES string of the molecule is CCc1nc(-c2ccc(Cl)cc2Br)nc(N)c1Br. The van der Waals surface area contributed by atoms with Crippen molar-refractivity contribution in [3.8, 4) is 11.4 Å². The van der Waals surface area contributed by atoms with Gasteiger partial charge in [0, 0.05) is 15.1 Å². The molecule has 0 radical (unpaired) electrons. The van der Waals surface area contributed by atoms with Crippen molar-refractivity contribution >= 4 is 49.3 Å². The van der Waals surface area contributed by atoms with Crippen molar-refractivity contribution in [1.29, 1.82) is 0 Å². The molecule has 2 rings (SSSR count). The molecule has 0 saturated carbocycles. The third kappa shape index (κ3) is 2.68. The van der Waals surface area contributed by atoms with E-state index in [1.807, 2.05) is 19.1 Å². The third-order valence-electron chi connectivity index (χ3n) is 2.45. The monoisotopic (exact) mass is 389 g/mol. The summed E-state index contributed by atoms with van der Waals surface area (Å²) in [6, 6.07) is 5.48. The Kier molecular flexibility index (Phi) is 4.25. The molecule has 2 aromatic rings. The molecule has 3 nitrogen and oxygen atoms in total. The van der Waals surface area contributed by atoms with Crippen LogP contribution in [0.4, 0.5) is 5.82 Å². The summed E-state index contributed by atoms with van der Waals surface area (Å²) in [5.74, 6) is 1.04. The minimum atomic E-state index is 0.443. The van der Waals surface area contributed by atoms with Crippen molar-refractivity contribution in [1.82, 2.24) is 9.97 Å². The molecule has 0 aliphatic rings. The number of nitrogens with two attached hydrogens (primary N) is 1. The van der Waals surface area contributed by atoms with E-state index in [9.17, 15) is 0 Å². The molecule has 0 bridgehead atoms. The predicted octanol–water partition coefficient (Wildman–Crippen LogP) is 4.47. The Hall–Kier alpha value is -0.650. The zero-order chi connectivity index (χ0) is 13.3. The molecule has 0 amide bonds. The van der Waals surface area contributed by atoms with Gasteiger partial charge in [-0.05, 0) is 56.5 Å². The van der Waals surface area contributed by atoms with Crippen molar-refractivity contribution in [2.45, 2.75) is 13.3 Å². The molecule has 1 aromatic heterocycles. The quantitative estimate of drug-likeness (QED) is 0.822. The number of nitrogen functional groups attached to an aromatic ring is 1. The number of nitrogens with zero attached hydrogens (tertiary/aromatic N) is 2. The Morgan fingerprint density at radius 3 is 2.61 bits per heavy atom. The van der Waals surface area contributed by atoms with Crippen molar-refractivity contribution < 1.29 is 0 Å². The summed E-state index contributed by atoms with van der Waals surface area (Å²) < 4.78 is 1.61. The minimum absolute atomic E-state index is 0.443. The Bertz CT molecular complexity index is 602. The highest BCUT2D eigenvalue weighted by Crippen LogP contribution is 2.31. The number of rotatable bonds is 2. The predicted molar refractivity (Wildman–Crippen MR) is 81.7 cm³/mol. The van der Waals surface area contributed by atoms with Crippen LogP contribution < -0.4 is 5.73 Å². The molecule has 1 heterocycles. The first kappa shape index (κ1) is 13.8. The number of aryl methyl sites for hydroxylation is 1. The van der Waals surface area contributed by atoms with Gasteiger partial charge in [0.1, 0.15) is 5.82 Å². The van der Waals surface area contributed by atoms with Gasteiger partial charge < -0.3 is 5.73 Å². The van der Waals surface area contributed by atoms with E-state index in [2.05, 4.69) is 41.8 Å². The molecule has 94 valence electrons. The number of benzene rings is 1. The summed E-state index contributed by atoms with van der Waals surface area (Å²) in [7, 11) is 0. The normalized spacial score (nSPS) is 10.7. The lowest BCUT2D eigenvalue weighted by molar-refractivity contribution is 0.995. The van der Waals surface area contributed by atoms with E-state index in [1.54, 1.807) is 6.07 Å². The summed E-state index contributed by atoms with van der Waals surface area (Å²) in [6.45, 7) is 2.02. The summed E-state index contributed by atoms with van der Waals surface area (Å²) in [5, 5.41) is 0.659. The fourth-order valence-electron chi connectivity index (χ4n) is 1.54. The van der Waals surface area contributed by atoms with Crippen LogP contribution in [0.1, 0.15) is 12.6 Å². The van der Waals surface area contributed by atoms with Crippen LogP contribution in [0, 0.1) is 0 Å². The molecule has 1 aromatic carbocycles. The smallest absolute Gasteiger partial charge is 0.162 e. The highest BCUT2D eigenvalue weighted by molar-refractivity contribution is 9.11. The fourth-order valence-corrected chi connectivity index (χ4v) is 2.86. The van der Waals surface area contributed by atoms with Crippen LogP contribution in [-0.4, -0.2) is 9.97 Å². The third-order valence-corrected chi connectivity index (χ3v) is 4.21. The van der Waals surface area contributed by atoms with E-state index in [-0.39, 0.29) is 0 Å². The zero-order valence-electron chi connectivity index (χ0n) is 9.54. The molecule has 6 heteroatoms. The summed E-state index contributed by atoms with van der Waals surface area (Å²) in [4.78, 5) is 8.79. The molecular formula is C12H10Br2ClN3. The molecule has 18 heavy (non-hydrogen) atoms. The van der Waals surface area contributed by atoms with Crippen molar-refractivity contribution in [2.24, 2.45) is 0 Å². The summed E-state index contributed by atoms with van der Waals surface area (Å²) >= 11 is 12.8. The van der Waals surface area contributed by atoms with Crippen LogP contribution in [-0.2, 0) is 6.42 Å². The van der Waals surface area contributed by atoms with Gasteiger partial charge in [-0.3, -0.25) is 0 Å². The molecule has 0 aliphatic carbocycles. The molecular weight excluding hydrogens is 381 g/mol. The lowest BCUT2D eigenvalue weighted by Gasteiger charge is -2.09. The number of hydrogen-bond acceptors (Lipinski definition) is 3. The standard InChI is InChI=1S/C12H10Br2ClN3/c1-2-9-10(14)11(16)18-12(17-9)7-4-3-6(15)5-8(7)13/h3-5H,2H2,1H3,(H2,16,17,18). The molecule has 0 spiro atoms. The van der Waals surface area contributed by atoms with E-state index in [4.69, 9.17) is 17.3 Å². The zero-order valence-corrected chi connectivity index (χ0v) is 13.5. The van der Waals surface area contributed by atoms with Gasteiger partial charge in [0.15, 0.2) is 5.82 Å². The number of hydrogen-bond donors (Lipinski definition) is 1. The molecule has 0 aliphatic heterocycles. The molecule has 0 unspecified atom stereocenters. The highest BCUT2D eigenvalue weighted by Gasteiger charge is 2.12. The van der Waals surface area contributed by atoms with Crippen LogP contribution in [0.25, 0.3) is 11.4 Å². The van der Waals surface area contributed by atoms with E-state index in [0.717, 1.165) is 26.6 Å². The van der Waals surface area contributed by atoms with Crippen molar-refractivity contribution in [2.75, 3.05) is 5.73 Å². The average Bonchev–Trinajstić information content (AvgIpc) is 2.32. The second-order valence-electron chi connectivity index (χ2n) is 3.67. The van der Waals surface area contributed by atoms with Gasteiger partial charge >= 0.3 is 0 Å². The van der Waals surface area contributed by atoms with E-state index >= 15 is 0 Å². The number of aromatic nitrogens is 2. The summed E-state index contributed by atoms with van der Waals surface area (Å²) in [5.41, 5.74) is 7.63. The Labute approximate surface area is 127 Å². The fraction of sp³-hybridized carbons (Fsp3) is 0.167. The van der Waals surface area contributed by atoms with Crippen LogP contribution in [0.5, 0.6) is 0 Å². The van der Waals surface area contributed by atoms with Crippen LogP contribution in [0.2, 0.25) is 5.02 Å². The molecule has 2 N–H and O–H groups in total. The van der Waals surface area contributed by atoms with Crippen LogP contribution in [0.3, 0.4) is 0 Å². The first-order chi connectivity index (χ1) is 8.52. The van der Waals surface area contributed by atoms with E-state index < -0.39 is 0 Å². The molecule has 0 atom stereocenters. The molecule has 0 fully saturated rings. The lowest BCUT2D eigenvalue weighted by Crippen LogP contribution is -2.02. The first-order valence-corrected chi connectivity index (χ1v) is 7.26. The minimum Gasteiger partial charge on any atom is -0.383 e. The van der Waals surface area contributed by atoms with Gasteiger partial charge in [0.05, 0.1) is 10.2 Å². The topological polar surface area (TPSA) is 51.8 Å². The maximum absolute atomic E-state index is 5.92. The van der Waals surface area contributed by atoms with Crippen molar-refractivity contribution in [3.05, 3.63) is 37.9 Å². The number of halogens is 3. The second-order valence-corrected chi connectivity index (χ2v) is 5.75. The highest BCUT2D eigenvalue weighted by atomic mass is 79.9. The van der Waals surface area contributed by atoms with Gasteiger partial charge in [0.2, 0.25) is 0 Å². The van der Waals surface area contributed by atoms with Gasteiger partial charge in [-0.25, -0.2) is 9.97 Å². The lowest BCUT2D eigenvalue weighted by atomic mass is 10.2.